The summed E-state index contributed by atoms with van der Waals surface area (Å²) in [5.41, 5.74) is 0.473. The molecule has 95 heavy (non-hydrogen) atoms. The number of carbonyl (C=O) groups excluding carboxylic acids is 8. The molecule has 3 aromatic heterocycles. The van der Waals surface area contributed by atoms with Gasteiger partial charge >= 0.3 is 5.97 Å². The number of hydrogen-bond acceptors (Lipinski definition) is 13. The average Bonchev–Trinajstić information content (AvgIpc) is 1.78. The highest BCUT2D eigenvalue weighted by atomic mass is 32.2. The van der Waals surface area contributed by atoms with E-state index < -0.39 is 159 Å². The van der Waals surface area contributed by atoms with E-state index in [0.29, 0.717) is 51.3 Å². The minimum atomic E-state index is -2.04. The molecular formula is C64H68F6N12O11S2. The number of fused-ring (bicyclic) bond motifs is 31. The van der Waals surface area contributed by atoms with Gasteiger partial charge in [0.15, 0.2) is 23.3 Å². The van der Waals surface area contributed by atoms with Gasteiger partial charge in [0.05, 0.1) is 29.6 Å². The Balaban J connectivity index is 1.07. The van der Waals surface area contributed by atoms with Crippen LogP contribution in [0, 0.1) is 34.9 Å². The summed E-state index contributed by atoms with van der Waals surface area (Å²) in [4.78, 5) is 141. The third-order valence-corrected chi connectivity index (χ3v) is 18.6. The van der Waals surface area contributed by atoms with E-state index in [2.05, 4.69) is 57.2 Å². The van der Waals surface area contributed by atoms with Crippen molar-refractivity contribution < 1.29 is 79.3 Å². The van der Waals surface area contributed by atoms with E-state index in [9.17, 15) is 52.2 Å². The first-order chi connectivity index (χ1) is 45.4. The number of methoxy groups -OCH3 is 1. The predicted octanol–water partition coefficient (Wildman–Crippen LogP) is 5.46. The molecule has 1 saturated heterocycles. The van der Waals surface area contributed by atoms with Gasteiger partial charge < -0.3 is 66.9 Å². The largest absolute Gasteiger partial charge is 0.497 e. The quantitative estimate of drug-likeness (QED) is 0.0436. The average molecular weight is 1360 g/mol. The number of carboxylic acids is 1. The van der Waals surface area contributed by atoms with Crippen LogP contribution in [0.2, 0.25) is 0 Å². The zero-order chi connectivity index (χ0) is 68.3. The number of aliphatic carboxylic acids is 1. The topological polar surface area (TPSA) is 331 Å². The van der Waals surface area contributed by atoms with Gasteiger partial charge in [0.1, 0.15) is 59.2 Å². The second-order valence-corrected chi connectivity index (χ2v) is 25.3. The van der Waals surface area contributed by atoms with E-state index >= 15 is 22.4 Å². The van der Waals surface area contributed by atoms with Gasteiger partial charge in [0.2, 0.25) is 47.3 Å². The van der Waals surface area contributed by atoms with Crippen LogP contribution < -0.4 is 42.0 Å². The zero-order valence-corrected chi connectivity index (χ0v) is 53.1. The summed E-state index contributed by atoms with van der Waals surface area (Å²) in [7, 11) is 1.44. The number of carboxylic acid groups (broad SMARTS) is 1. The molecule has 0 aliphatic carbocycles. The van der Waals surface area contributed by atoms with Gasteiger partial charge in [-0.15, -0.1) is 23.5 Å². The fourth-order valence-electron chi connectivity index (χ4n) is 11.3. The van der Waals surface area contributed by atoms with Crippen molar-refractivity contribution in [2.45, 2.75) is 130 Å². The molecule has 11 N–H and O–H groups in total. The highest BCUT2D eigenvalue weighted by Gasteiger charge is 2.48. The number of aromatic amines is 3. The molecule has 1 unspecified atom stereocenters. The van der Waals surface area contributed by atoms with Crippen molar-refractivity contribution in [1.29, 1.82) is 0 Å². The Kier molecular flexibility index (Phi) is 22.9. The molecule has 0 spiro atoms. The Bertz CT molecular complexity index is 4000. The van der Waals surface area contributed by atoms with Gasteiger partial charge in [-0.1, -0.05) is 12.1 Å². The number of nitrogens with one attached hydrogen (secondary N) is 10. The molecule has 4 aromatic carbocycles. The van der Waals surface area contributed by atoms with Gasteiger partial charge in [0.25, 0.3) is 0 Å². The Hall–Kier alpha value is -9.52. The molecule has 3 aliphatic heterocycles. The monoisotopic (exact) mass is 1360 g/mol. The number of thioether (sulfide) groups is 2. The van der Waals surface area contributed by atoms with E-state index in [-0.39, 0.29) is 91.7 Å². The third kappa shape index (κ3) is 17.1. The van der Waals surface area contributed by atoms with Crippen molar-refractivity contribution in [3.8, 4) is 5.75 Å². The van der Waals surface area contributed by atoms with Gasteiger partial charge in [-0.25, -0.2) is 31.3 Å². The van der Waals surface area contributed by atoms with Gasteiger partial charge in [0, 0.05) is 97.0 Å². The highest BCUT2D eigenvalue weighted by Crippen LogP contribution is 2.37. The summed E-state index contributed by atoms with van der Waals surface area (Å²) in [5, 5.41) is 28.8. The summed E-state index contributed by atoms with van der Waals surface area (Å²) >= 11 is 0.854. The molecular weight excluding hydrogens is 1290 g/mol. The molecule has 7 atom stereocenters. The van der Waals surface area contributed by atoms with Crippen molar-refractivity contribution in [2.24, 2.45) is 0 Å². The molecule has 1 fully saturated rings. The van der Waals surface area contributed by atoms with Crippen molar-refractivity contribution in [3.05, 3.63) is 143 Å². The molecule has 2 bridgehead atoms. The number of aromatic nitrogens is 4. The number of amides is 8. The lowest BCUT2D eigenvalue weighted by Crippen LogP contribution is -2.62. The lowest BCUT2D eigenvalue weighted by atomic mass is 9.95. The number of ether oxygens (including phenoxy) is 1. The number of halogens is 6. The van der Waals surface area contributed by atoms with Crippen LogP contribution in [0.15, 0.2) is 95.4 Å². The van der Waals surface area contributed by atoms with Crippen LogP contribution >= 0.6 is 23.5 Å². The van der Waals surface area contributed by atoms with Crippen LogP contribution in [0.25, 0.3) is 21.8 Å². The maximum absolute atomic E-state index is 15.6. The van der Waals surface area contributed by atoms with E-state index in [1.165, 1.54) is 81.1 Å². The number of nitrogens with zero attached hydrogens (tertiary/aromatic N) is 2. The molecule has 23 nitrogen and oxygen atoms in total. The van der Waals surface area contributed by atoms with Crippen LogP contribution in [0.4, 0.5) is 26.3 Å². The summed E-state index contributed by atoms with van der Waals surface area (Å²) in [6, 6.07) is 3.88. The van der Waals surface area contributed by atoms with Crippen LogP contribution in [-0.2, 0) is 68.8 Å². The van der Waals surface area contributed by atoms with Crippen molar-refractivity contribution in [2.75, 3.05) is 31.7 Å². The maximum Gasteiger partial charge on any atom is 0.305 e. The van der Waals surface area contributed by atoms with E-state index in [0.717, 1.165) is 6.07 Å². The summed E-state index contributed by atoms with van der Waals surface area (Å²) < 4.78 is 97.1. The summed E-state index contributed by atoms with van der Waals surface area (Å²) in [6.45, 7) is 2.44. The molecule has 7 aromatic rings. The number of imidazole rings is 1. The van der Waals surface area contributed by atoms with Crippen molar-refractivity contribution in [1.82, 2.24) is 62.1 Å². The third-order valence-electron chi connectivity index (χ3n) is 16.4. The highest BCUT2D eigenvalue weighted by molar-refractivity contribution is 7.99. The zero-order valence-electron chi connectivity index (χ0n) is 51.5. The van der Waals surface area contributed by atoms with E-state index in [4.69, 9.17) is 4.74 Å². The number of rotatable bonds is 11. The predicted molar refractivity (Wildman–Crippen MR) is 336 cm³/mol. The van der Waals surface area contributed by atoms with Crippen LogP contribution in [-0.4, -0.2) is 157 Å². The minimum Gasteiger partial charge on any atom is -0.497 e. The molecule has 0 saturated carbocycles. The Morgan fingerprint density at radius 2 is 1.16 bits per heavy atom. The first kappa shape index (κ1) is 69.8. The normalized spacial score (nSPS) is 22.3. The SMILES string of the molecule is COc1ccc(C[C@@H]2NC(=O)[C@H](Cc3cnc[nH]3)NC(=O)[C@H](CC(=O)O)NC(=O)C(Cc3c[nH]c4ccc(F)cc34)NC(=O)[C@H](Cc3c[nH]c4ccc(F)cc34)NC(=O)[C@@H](C)NC(=O)CCCCSc3c(F)c(F)c(c(F)c3F)SCCNC(=O)[C@]3(C)CCCN3C2=O)cc1. The van der Waals surface area contributed by atoms with Gasteiger partial charge in [-0.05, 0) is 111 Å². The van der Waals surface area contributed by atoms with Crippen LogP contribution in [0.5, 0.6) is 5.75 Å². The lowest BCUT2D eigenvalue weighted by Gasteiger charge is -2.36. The van der Waals surface area contributed by atoms with Crippen LogP contribution in [0.1, 0.15) is 74.8 Å². The Morgan fingerprint density at radius 1 is 0.632 bits per heavy atom. The summed E-state index contributed by atoms with van der Waals surface area (Å²) in [5.74, 6) is -17.3. The number of benzene rings is 4. The summed E-state index contributed by atoms with van der Waals surface area (Å²) in [6.07, 6.45) is 3.11. The molecule has 6 heterocycles. The first-order valence-electron chi connectivity index (χ1n) is 30.3. The smallest absolute Gasteiger partial charge is 0.305 e. The second kappa shape index (κ2) is 31.1. The molecule has 0 radical (unpaired) electrons. The number of H-pyrrole nitrogens is 3. The van der Waals surface area contributed by atoms with Gasteiger partial charge in [-0.2, -0.15) is 0 Å². The lowest BCUT2D eigenvalue weighted by molar-refractivity contribution is -0.146. The second-order valence-electron chi connectivity index (χ2n) is 23.1. The molecule has 8 amide bonds. The first-order valence-corrected chi connectivity index (χ1v) is 32.2. The molecule has 10 rings (SSSR count). The van der Waals surface area contributed by atoms with Crippen molar-refractivity contribution in [3.63, 3.8) is 0 Å². The molecule has 504 valence electrons. The Morgan fingerprint density at radius 3 is 1.71 bits per heavy atom. The maximum atomic E-state index is 15.6. The molecule has 3 aliphatic rings. The number of carbonyl (C=O) groups is 9. The van der Waals surface area contributed by atoms with E-state index in [1.54, 1.807) is 24.3 Å². The fraction of sp³-hybridized carbons (Fsp3) is 0.375. The van der Waals surface area contributed by atoms with Crippen molar-refractivity contribution >= 4 is 98.6 Å². The van der Waals surface area contributed by atoms with Gasteiger partial charge in [-0.3, -0.25) is 43.2 Å². The Labute approximate surface area is 547 Å². The minimum absolute atomic E-state index is 0.00943. The molecule has 31 heteroatoms. The van der Waals surface area contributed by atoms with Crippen LogP contribution in [0.3, 0.4) is 0 Å². The number of hydrogen-bond donors (Lipinski definition) is 11. The standard InChI is InChI=1S/C64H68F6N12O11S2/c1-32-57(86)77-44(22-34-28-73-42-14-10-36(65)24-40(34)42)58(87)78-45(23-35-29-74-43-15-11-37(66)25-41(35)43)59(88)80-47(27-50(84)85)61(90)79-46(26-38-30-71-31-75-38)60(89)81-48(21-33-8-12-39(93-3)13-9-33)62(91)82-18-6-16-64(82,2)63(92)72-17-20-95-56-53(69)51(67)55(52(68)54(56)70)94-19-5-4-7-49(83)76-32/h8-15,24-25,28-32,44-48,73-74H,4-7,16-23,26-27H2,1-3H3,(H,71,75)(H,72,92)(H,76,83)(H,77,86)(H,78,87)(H,79,90)(H,80,88)(H,81,89)(H,84,85)/t32-,44+,45?,46+,47+,48+,64+/m1/s1. The van der Waals surface area contributed by atoms with E-state index in [1.807, 2.05) is 0 Å². The fourth-order valence-corrected chi connectivity index (χ4v) is 13.2.